The molecule has 0 saturated heterocycles. The van der Waals surface area contributed by atoms with Crippen molar-refractivity contribution in [3.05, 3.63) is 0 Å². The summed E-state index contributed by atoms with van der Waals surface area (Å²) in [5.41, 5.74) is 0.238. The molecule has 0 aliphatic heterocycles. The number of carbonyl (C=O) groups is 1. The van der Waals surface area contributed by atoms with Crippen LogP contribution in [0.1, 0.15) is 47.5 Å². The van der Waals surface area contributed by atoms with Crippen LogP contribution in [-0.4, -0.2) is 18.5 Å². The van der Waals surface area contributed by atoms with E-state index in [4.69, 9.17) is 4.74 Å². The molecular weight excluding hydrogens is 164 g/mol. The minimum Gasteiger partial charge on any atom is -0.371 e. The Balaban J connectivity index is 3.74. The van der Waals surface area contributed by atoms with Crippen LogP contribution in [-0.2, 0) is 9.53 Å². The van der Waals surface area contributed by atoms with E-state index in [1.165, 1.54) is 0 Å². The van der Waals surface area contributed by atoms with Crippen molar-refractivity contribution in [2.24, 2.45) is 5.41 Å². The van der Waals surface area contributed by atoms with E-state index in [1.54, 1.807) is 0 Å². The molecule has 0 spiro atoms. The molecule has 1 atom stereocenters. The molecule has 0 saturated carbocycles. The SMILES string of the molecule is CCOC(C)C(=O)CCC(C)(C)C. The van der Waals surface area contributed by atoms with Gasteiger partial charge in [0.05, 0.1) is 0 Å². The van der Waals surface area contributed by atoms with Gasteiger partial charge in [-0.25, -0.2) is 0 Å². The number of rotatable bonds is 5. The van der Waals surface area contributed by atoms with Gasteiger partial charge in [-0.15, -0.1) is 0 Å². The van der Waals surface area contributed by atoms with E-state index < -0.39 is 0 Å². The van der Waals surface area contributed by atoms with E-state index >= 15 is 0 Å². The molecule has 0 fully saturated rings. The summed E-state index contributed by atoms with van der Waals surface area (Å²) < 4.78 is 5.22. The van der Waals surface area contributed by atoms with Gasteiger partial charge in [-0.1, -0.05) is 20.8 Å². The van der Waals surface area contributed by atoms with Gasteiger partial charge in [0.15, 0.2) is 5.78 Å². The van der Waals surface area contributed by atoms with E-state index in [0.29, 0.717) is 13.0 Å². The number of ketones is 1. The maximum absolute atomic E-state index is 11.5. The maximum Gasteiger partial charge on any atom is 0.161 e. The van der Waals surface area contributed by atoms with Crippen LogP contribution in [0, 0.1) is 5.41 Å². The highest BCUT2D eigenvalue weighted by atomic mass is 16.5. The fraction of sp³-hybridized carbons (Fsp3) is 0.909. The van der Waals surface area contributed by atoms with E-state index in [2.05, 4.69) is 20.8 Å². The summed E-state index contributed by atoms with van der Waals surface area (Å²) in [4.78, 5) is 11.5. The van der Waals surface area contributed by atoms with E-state index in [9.17, 15) is 4.79 Å². The van der Waals surface area contributed by atoms with E-state index in [0.717, 1.165) is 6.42 Å². The molecular formula is C11H22O2. The van der Waals surface area contributed by atoms with Gasteiger partial charge in [0, 0.05) is 13.0 Å². The van der Waals surface area contributed by atoms with Gasteiger partial charge in [-0.2, -0.15) is 0 Å². The van der Waals surface area contributed by atoms with Crippen molar-refractivity contribution in [2.45, 2.75) is 53.6 Å². The van der Waals surface area contributed by atoms with Crippen LogP contribution < -0.4 is 0 Å². The highest BCUT2D eigenvalue weighted by Crippen LogP contribution is 2.21. The fourth-order valence-electron chi connectivity index (χ4n) is 1.04. The monoisotopic (exact) mass is 186 g/mol. The first-order chi connectivity index (χ1) is 5.87. The van der Waals surface area contributed by atoms with Crippen LogP contribution in [0.5, 0.6) is 0 Å². The fourth-order valence-corrected chi connectivity index (χ4v) is 1.04. The van der Waals surface area contributed by atoms with Crippen LogP contribution in [0.3, 0.4) is 0 Å². The lowest BCUT2D eigenvalue weighted by Crippen LogP contribution is -2.22. The number of carbonyl (C=O) groups excluding carboxylic acids is 1. The third-order valence-corrected chi connectivity index (χ3v) is 1.99. The minimum absolute atomic E-state index is 0.219. The normalized spacial score (nSPS) is 14.2. The molecule has 78 valence electrons. The lowest BCUT2D eigenvalue weighted by molar-refractivity contribution is -0.129. The molecule has 2 nitrogen and oxygen atoms in total. The molecule has 0 N–H and O–H groups in total. The summed E-state index contributed by atoms with van der Waals surface area (Å²) in [7, 11) is 0. The zero-order valence-electron chi connectivity index (χ0n) is 9.52. The molecule has 0 heterocycles. The van der Waals surface area contributed by atoms with Crippen LogP contribution >= 0.6 is 0 Å². The first kappa shape index (κ1) is 12.6. The van der Waals surface area contributed by atoms with Crippen molar-refractivity contribution in [2.75, 3.05) is 6.61 Å². The van der Waals surface area contributed by atoms with Gasteiger partial charge in [0.1, 0.15) is 6.10 Å². The third-order valence-electron chi connectivity index (χ3n) is 1.99. The summed E-state index contributed by atoms with van der Waals surface area (Å²) in [5, 5.41) is 0. The average molecular weight is 186 g/mol. The van der Waals surface area contributed by atoms with Gasteiger partial charge in [0.2, 0.25) is 0 Å². The summed E-state index contributed by atoms with van der Waals surface area (Å²) in [6.07, 6.45) is 1.33. The Hall–Kier alpha value is -0.370. The first-order valence-corrected chi connectivity index (χ1v) is 5.01. The van der Waals surface area contributed by atoms with Crippen LogP contribution in [0.2, 0.25) is 0 Å². The Kier molecular flexibility index (Phi) is 5.23. The molecule has 2 heteroatoms. The quantitative estimate of drug-likeness (QED) is 0.660. The predicted octanol–water partition coefficient (Wildman–Crippen LogP) is 2.81. The molecule has 1 unspecified atom stereocenters. The summed E-state index contributed by atoms with van der Waals surface area (Å²) >= 11 is 0. The van der Waals surface area contributed by atoms with Crippen LogP contribution in [0.25, 0.3) is 0 Å². The van der Waals surface area contributed by atoms with Gasteiger partial charge < -0.3 is 4.74 Å². The van der Waals surface area contributed by atoms with E-state index in [-0.39, 0.29) is 17.3 Å². The Morgan fingerprint density at radius 3 is 2.31 bits per heavy atom. The van der Waals surface area contributed by atoms with Crippen molar-refractivity contribution in [1.29, 1.82) is 0 Å². The number of Topliss-reactive ketones (excluding diaryl/α,β-unsaturated/α-hetero) is 1. The second-order valence-corrected chi connectivity index (χ2v) is 4.62. The standard InChI is InChI=1S/C11H22O2/c1-6-13-9(2)10(12)7-8-11(3,4)5/h9H,6-8H2,1-5H3. The predicted molar refractivity (Wildman–Crippen MR) is 54.8 cm³/mol. The topological polar surface area (TPSA) is 26.3 Å². The highest BCUT2D eigenvalue weighted by molar-refractivity contribution is 5.82. The second-order valence-electron chi connectivity index (χ2n) is 4.62. The number of hydrogen-bond donors (Lipinski definition) is 0. The Labute approximate surface area is 81.7 Å². The summed E-state index contributed by atoms with van der Waals surface area (Å²) in [6.45, 7) is 10.8. The molecule has 0 aliphatic rings. The third kappa shape index (κ3) is 6.76. The van der Waals surface area contributed by atoms with E-state index in [1.807, 2.05) is 13.8 Å². The van der Waals surface area contributed by atoms with Crippen molar-refractivity contribution >= 4 is 5.78 Å². The molecule has 0 aromatic carbocycles. The first-order valence-electron chi connectivity index (χ1n) is 5.01. The lowest BCUT2D eigenvalue weighted by atomic mass is 9.89. The van der Waals surface area contributed by atoms with Crippen LogP contribution in [0.15, 0.2) is 0 Å². The van der Waals surface area contributed by atoms with Gasteiger partial charge in [-0.05, 0) is 25.7 Å². The maximum atomic E-state index is 11.5. The second kappa shape index (κ2) is 5.38. The molecule has 0 aromatic rings. The summed E-state index contributed by atoms with van der Waals surface area (Å²) in [5.74, 6) is 0.219. The van der Waals surface area contributed by atoms with Crippen molar-refractivity contribution < 1.29 is 9.53 Å². The average Bonchev–Trinajstić information content (AvgIpc) is 1.99. The van der Waals surface area contributed by atoms with Crippen molar-refractivity contribution in [3.63, 3.8) is 0 Å². The lowest BCUT2D eigenvalue weighted by Gasteiger charge is -2.18. The Morgan fingerprint density at radius 2 is 1.92 bits per heavy atom. The molecule has 0 aliphatic carbocycles. The Bertz CT molecular complexity index is 156. The smallest absolute Gasteiger partial charge is 0.161 e. The number of hydrogen-bond acceptors (Lipinski definition) is 2. The zero-order chi connectivity index (χ0) is 10.5. The number of ether oxygens (including phenoxy) is 1. The molecule has 0 bridgehead atoms. The van der Waals surface area contributed by atoms with Crippen molar-refractivity contribution in [3.8, 4) is 0 Å². The van der Waals surface area contributed by atoms with Gasteiger partial charge in [-0.3, -0.25) is 4.79 Å². The molecule has 0 aromatic heterocycles. The molecule has 0 amide bonds. The largest absolute Gasteiger partial charge is 0.371 e. The Morgan fingerprint density at radius 1 is 1.38 bits per heavy atom. The minimum atomic E-state index is -0.229. The summed E-state index contributed by atoms with van der Waals surface area (Å²) in [6, 6.07) is 0. The molecule has 13 heavy (non-hydrogen) atoms. The van der Waals surface area contributed by atoms with Gasteiger partial charge in [0.25, 0.3) is 0 Å². The molecule has 0 radical (unpaired) electrons. The van der Waals surface area contributed by atoms with Gasteiger partial charge >= 0.3 is 0 Å². The zero-order valence-corrected chi connectivity index (χ0v) is 9.52. The van der Waals surface area contributed by atoms with Crippen LogP contribution in [0.4, 0.5) is 0 Å². The molecule has 0 rings (SSSR count). The van der Waals surface area contributed by atoms with Crippen molar-refractivity contribution in [1.82, 2.24) is 0 Å². The highest BCUT2D eigenvalue weighted by Gasteiger charge is 2.17.